The van der Waals surface area contributed by atoms with Gasteiger partial charge in [0, 0.05) is 35.7 Å². The highest BCUT2D eigenvalue weighted by atomic mass is 32.2. The molecule has 0 bridgehead atoms. The molecular formula is C44H40N8O5S. The molecule has 5 heterocycles. The lowest BCUT2D eigenvalue weighted by molar-refractivity contribution is -0.136. The van der Waals surface area contributed by atoms with Gasteiger partial charge in [-0.15, -0.1) is 11.8 Å². The third-order valence-corrected chi connectivity index (χ3v) is 12.1. The van der Waals surface area contributed by atoms with Crippen LogP contribution in [0.4, 0.5) is 5.82 Å². The smallest absolute Gasteiger partial charge is 0.263 e. The average Bonchev–Trinajstić information content (AvgIpc) is 3.76. The van der Waals surface area contributed by atoms with E-state index in [9.17, 15) is 19.2 Å². The van der Waals surface area contributed by atoms with E-state index in [0.29, 0.717) is 22.0 Å². The summed E-state index contributed by atoms with van der Waals surface area (Å²) in [6.45, 7) is 2.73. The molecule has 3 aliphatic heterocycles. The molecule has 0 saturated carbocycles. The fourth-order valence-corrected chi connectivity index (χ4v) is 9.08. The number of piperidine rings is 2. The molecular weight excluding hydrogens is 753 g/mol. The highest BCUT2D eigenvalue weighted by Crippen LogP contribution is 2.37. The van der Waals surface area contributed by atoms with Gasteiger partial charge in [0.2, 0.25) is 11.8 Å². The number of benzene rings is 4. The number of fused-ring (bicyclic) bond motifs is 2. The van der Waals surface area contributed by atoms with Crippen molar-refractivity contribution in [1.82, 2.24) is 34.9 Å². The Hall–Kier alpha value is -6.38. The molecule has 2 atom stereocenters. The summed E-state index contributed by atoms with van der Waals surface area (Å²) in [5.41, 5.74) is 11.8. The van der Waals surface area contributed by atoms with E-state index in [2.05, 4.69) is 44.5 Å². The van der Waals surface area contributed by atoms with Crippen LogP contribution in [0.15, 0.2) is 108 Å². The Kier molecular flexibility index (Phi) is 10.2. The Bertz CT molecular complexity index is 2540. The van der Waals surface area contributed by atoms with Gasteiger partial charge in [0.05, 0.1) is 22.6 Å². The average molecular weight is 793 g/mol. The fraction of sp³-hybridized carbons (Fsp3) is 0.250. The predicted octanol–water partition coefficient (Wildman–Crippen LogP) is 6.44. The number of para-hydroxylation sites is 1. The zero-order valence-corrected chi connectivity index (χ0v) is 32.4. The maximum absolute atomic E-state index is 13.5. The van der Waals surface area contributed by atoms with E-state index in [-0.39, 0.29) is 24.4 Å². The number of nitrogens with two attached hydrogens (primary N) is 1. The Morgan fingerprint density at radius 2 is 1.60 bits per heavy atom. The number of nitrogens with zero attached hydrogens (tertiary/aromatic N) is 6. The number of amides is 4. The molecule has 0 radical (unpaired) electrons. The van der Waals surface area contributed by atoms with Crippen molar-refractivity contribution in [2.45, 2.75) is 54.8 Å². The number of hydrogen-bond acceptors (Lipinski definition) is 11. The zero-order valence-electron chi connectivity index (χ0n) is 31.5. The molecule has 2 saturated heterocycles. The number of ether oxygens (including phenoxy) is 1. The Balaban J connectivity index is 0.830. The third-order valence-electron chi connectivity index (χ3n) is 11.0. The summed E-state index contributed by atoms with van der Waals surface area (Å²) >= 11 is 1.48. The van der Waals surface area contributed by atoms with Gasteiger partial charge in [0.25, 0.3) is 11.8 Å². The number of rotatable bonds is 11. The van der Waals surface area contributed by atoms with E-state index in [0.717, 1.165) is 83.1 Å². The lowest BCUT2D eigenvalue weighted by Crippen LogP contribution is -2.54. The molecule has 4 aromatic carbocycles. The molecule has 292 valence electrons. The molecule has 2 fully saturated rings. The summed E-state index contributed by atoms with van der Waals surface area (Å²) in [5, 5.41) is 8.12. The first-order valence-electron chi connectivity index (χ1n) is 19.4. The van der Waals surface area contributed by atoms with Crippen molar-refractivity contribution >= 4 is 52.2 Å². The molecule has 14 heteroatoms. The van der Waals surface area contributed by atoms with Crippen LogP contribution in [0.1, 0.15) is 63.6 Å². The van der Waals surface area contributed by atoms with Crippen LogP contribution < -0.4 is 15.8 Å². The van der Waals surface area contributed by atoms with Crippen LogP contribution in [-0.2, 0) is 21.8 Å². The summed E-state index contributed by atoms with van der Waals surface area (Å²) in [6, 6.07) is 30.4. The number of likely N-dealkylation sites (tertiary alicyclic amines) is 1. The highest BCUT2D eigenvalue weighted by Gasteiger charge is 2.45. The van der Waals surface area contributed by atoms with Gasteiger partial charge in [-0.05, 0) is 91.9 Å². The van der Waals surface area contributed by atoms with Crippen LogP contribution in [0.5, 0.6) is 11.5 Å². The number of imide groups is 2. The molecule has 0 spiro atoms. The highest BCUT2D eigenvalue weighted by molar-refractivity contribution is 7.98. The van der Waals surface area contributed by atoms with Crippen LogP contribution in [0.25, 0.3) is 22.3 Å². The Labute approximate surface area is 338 Å². The number of nitrogens with one attached hydrogen (secondary N) is 1. The van der Waals surface area contributed by atoms with Gasteiger partial charge in [-0.1, -0.05) is 48.5 Å². The monoisotopic (exact) mass is 792 g/mol. The lowest BCUT2D eigenvalue weighted by atomic mass is 10.0. The van der Waals surface area contributed by atoms with Gasteiger partial charge in [-0.25, -0.2) is 14.6 Å². The van der Waals surface area contributed by atoms with E-state index >= 15 is 0 Å². The zero-order chi connectivity index (χ0) is 39.8. The van der Waals surface area contributed by atoms with E-state index in [1.54, 1.807) is 12.1 Å². The Morgan fingerprint density at radius 3 is 2.40 bits per heavy atom. The van der Waals surface area contributed by atoms with Gasteiger partial charge in [0.15, 0.2) is 5.65 Å². The summed E-state index contributed by atoms with van der Waals surface area (Å²) in [6.07, 6.45) is 4.61. The molecule has 3 aliphatic rings. The first-order chi connectivity index (χ1) is 28.3. The van der Waals surface area contributed by atoms with Crippen LogP contribution >= 0.6 is 11.8 Å². The van der Waals surface area contributed by atoms with Crippen LogP contribution in [0.2, 0.25) is 0 Å². The van der Waals surface area contributed by atoms with Gasteiger partial charge in [-0.2, -0.15) is 5.10 Å². The number of thioether (sulfide) groups is 1. The number of carbonyl (C=O) groups excluding carboxylic acids is 4. The maximum atomic E-state index is 13.5. The van der Waals surface area contributed by atoms with Crippen molar-refractivity contribution in [3.8, 4) is 22.8 Å². The van der Waals surface area contributed by atoms with Gasteiger partial charge >= 0.3 is 0 Å². The van der Waals surface area contributed by atoms with E-state index in [1.807, 2.05) is 65.3 Å². The largest absolute Gasteiger partial charge is 0.457 e. The number of anilines is 1. The summed E-state index contributed by atoms with van der Waals surface area (Å²) in [5.74, 6) is 0.492. The second-order valence-electron chi connectivity index (χ2n) is 14.8. The fourth-order valence-electron chi connectivity index (χ4n) is 8.05. The van der Waals surface area contributed by atoms with Crippen molar-refractivity contribution < 1.29 is 23.9 Å². The van der Waals surface area contributed by atoms with Gasteiger partial charge in [-0.3, -0.25) is 29.4 Å². The second-order valence-corrected chi connectivity index (χ2v) is 15.8. The molecule has 13 nitrogen and oxygen atoms in total. The van der Waals surface area contributed by atoms with Crippen molar-refractivity contribution in [3.05, 3.63) is 126 Å². The van der Waals surface area contributed by atoms with Gasteiger partial charge in [0.1, 0.15) is 35.4 Å². The van der Waals surface area contributed by atoms with Crippen molar-refractivity contribution in [2.24, 2.45) is 0 Å². The minimum atomic E-state index is -0.991. The molecule has 3 N–H and O–H groups in total. The second kappa shape index (κ2) is 15.9. The van der Waals surface area contributed by atoms with E-state index in [1.165, 1.54) is 23.7 Å². The molecule has 6 aromatic rings. The summed E-state index contributed by atoms with van der Waals surface area (Å²) in [7, 11) is 0. The van der Waals surface area contributed by atoms with Crippen molar-refractivity contribution in [2.75, 3.05) is 25.4 Å². The molecule has 9 rings (SSSR count). The number of carbonyl (C=O) groups is 4. The van der Waals surface area contributed by atoms with Gasteiger partial charge < -0.3 is 15.4 Å². The standard InChI is InChI=1S/C44H40N8O5S/c45-40-38-39(29-15-17-32(18-16-29)57-31-7-2-1-3-8-31)49-52(41(38)47-26-46-40)30-6-5-22-50(24-30)23-21-27-11-13-28(14-12-27)25-58-35-10-4-9-33-37(35)44(56)51(43(33)55)34-19-20-36(53)48-42(34)54/h1-4,7-18,26,30,34H,5-6,19-25H2,(H2,45,46,47)(H,48,53,54). The van der Waals surface area contributed by atoms with Crippen LogP contribution in [0.3, 0.4) is 0 Å². The summed E-state index contributed by atoms with van der Waals surface area (Å²) < 4.78 is 8.04. The predicted molar refractivity (Wildman–Crippen MR) is 219 cm³/mol. The normalized spacial score (nSPS) is 18.4. The van der Waals surface area contributed by atoms with E-state index < -0.39 is 29.7 Å². The Morgan fingerprint density at radius 1 is 0.828 bits per heavy atom. The summed E-state index contributed by atoms with van der Waals surface area (Å²) in [4.78, 5) is 64.1. The molecule has 0 aliphatic carbocycles. The first kappa shape index (κ1) is 37.2. The van der Waals surface area contributed by atoms with Crippen LogP contribution in [0, 0.1) is 0 Å². The van der Waals surface area contributed by atoms with Crippen LogP contribution in [-0.4, -0.2) is 78.9 Å². The molecule has 58 heavy (non-hydrogen) atoms. The van der Waals surface area contributed by atoms with E-state index in [4.69, 9.17) is 15.6 Å². The van der Waals surface area contributed by atoms with Crippen molar-refractivity contribution in [3.63, 3.8) is 0 Å². The third kappa shape index (κ3) is 7.32. The van der Waals surface area contributed by atoms with Crippen molar-refractivity contribution in [1.29, 1.82) is 0 Å². The SMILES string of the molecule is Nc1ncnc2c1c(-c1ccc(Oc3ccccc3)cc1)nn2C1CCCN(CCc2ccc(CSc3cccc4c3C(=O)N(C3CCC(=O)NC3=O)C4=O)cc2)C1. The molecule has 4 amide bonds. The number of hydrogen-bond donors (Lipinski definition) is 2. The minimum Gasteiger partial charge on any atom is -0.457 e. The maximum Gasteiger partial charge on any atom is 0.263 e. The number of aromatic nitrogens is 4. The molecule has 2 aromatic heterocycles. The molecule has 2 unspecified atom stereocenters. The minimum absolute atomic E-state index is 0.0820. The first-order valence-corrected chi connectivity index (χ1v) is 20.4. The lowest BCUT2D eigenvalue weighted by Gasteiger charge is -2.33. The number of nitrogen functional groups attached to an aromatic ring is 1. The quantitative estimate of drug-likeness (QED) is 0.110. The topological polar surface area (TPSA) is 166 Å².